The number of nitrogens with one attached hydrogen (secondary N) is 2. The molecule has 2 N–H and O–H groups in total. The Morgan fingerprint density at radius 3 is 2.24 bits per heavy atom. The van der Waals surface area contributed by atoms with Gasteiger partial charge in [0.2, 0.25) is 15.9 Å². The number of hydrogen-bond donors (Lipinski definition) is 2. The molecule has 3 aromatic rings. The molecule has 38 heavy (non-hydrogen) atoms. The van der Waals surface area contributed by atoms with Gasteiger partial charge in [0.25, 0.3) is 10.0 Å². The average Bonchev–Trinajstić information content (AvgIpc) is 2.88. The van der Waals surface area contributed by atoms with Crippen LogP contribution in [0.5, 0.6) is 0 Å². The monoisotopic (exact) mass is 575 g/mol. The van der Waals surface area contributed by atoms with Gasteiger partial charge in [0, 0.05) is 29.7 Å². The van der Waals surface area contributed by atoms with E-state index in [1.807, 2.05) is 31.2 Å². The largest absolute Gasteiger partial charge is 0.326 e. The quantitative estimate of drug-likeness (QED) is 0.395. The maximum atomic E-state index is 12.9. The lowest BCUT2D eigenvalue weighted by molar-refractivity contribution is -0.120. The van der Waals surface area contributed by atoms with Crippen LogP contribution in [-0.2, 0) is 30.6 Å². The zero-order valence-electron chi connectivity index (χ0n) is 21.1. The van der Waals surface area contributed by atoms with Crippen molar-refractivity contribution in [2.75, 3.05) is 23.1 Å². The predicted octanol–water partition coefficient (Wildman–Crippen LogP) is 4.94. The Kier molecular flexibility index (Phi) is 8.46. The molecule has 0 bridgehead atoms. The van der Waals surface area contributed by atoms with Gasteiger partial charge in [-0.15, -0.1) is 0 Å². The van der Waals surface area contributed by atoms with E-state index in [9.17, 15) is 21.6 Å². The second-order valence-electron chi connectivity index (χ2n) is 9.43. The number of sulfonamides is 2. The van der Waals surface area contributed by atoms with Crippen molar-refractivity contribution >= 4 is 48.9 Å². The van der Waals surface area contributed by atoms with Crippen molar-refractivity contribution in [3.05, 3.63) is 88.4 Å². The van der Waals surface area contributed by atoms with Crippen LogP contribution in [0.2, 0.25) is 5.02 Å². The summed E-state index contributed by atoms with van der Waals surface area (Å²) in [5, 5.41) is 3.24. The summed E-state index contributed by atoms with van der Waals surface area (Å²) in [6.07, 6.45) is 0.822. The van der Waals surface area contributed by atoms with Gasteiger partial charge < -0.3 is 5.32 Å². The molecule has 0 atom stereocenters. The highest BCUT2D eigenvalue weighted by Crippen LogP contribution is 2.26. The number of hydrogen-bond acceptors (Lipinski definition) is 5. The van der Waals surface area contributed by atoms with Crippen LogP contribution in [0.4, 0.5) is 11.4 Å². The lowest BCUT2D eigenvalue weighted by Crippen LogP contribution is -2.41. The summed E-state index contributed by atoms with van der Waals surface area (Å²) in [4.78, 5) is 12.9. The van der Waals surface area contributed by atoms with Crippen LogP contribution in [-0.4, -0.2) is 40.1 Å². The minimum atomic E-state index is -3.85. The number of carbonyl (C=O) groups excluding carboxylic acids is 1. The van der Waals surface area contributed by atoms with Gasteiger partial charge in [-0.25, -0.2) is 21.1 Å². The van der Waals surface area contributed by atoms with E-state index in [0.717, 1.165) is 16.7 Å². The molecule has 0 radical (unpaired) electrons. The van der Waals surface area contributed by atoms with Crippen LogP contribution >= 0.6 is 11.6 Å². The number of carbonyl (C=O) groups is 1. The first-order chi connectivity index (χ1) is 17.9. The summed E-state index contributed by atoms with van der Waals surface area (Å²) in [6.45, 7) is 4.22. The minimum Gasteiger partial charge on any atom is -0.326 e. The maximum Gasteiger partial charge on any atom is 0.261 e. The normalized spacial score (nSPS) is 15.2. The molecule has 0 aliphatic carbocycles. The highest BCUT2D eigenvalue weighted by atomic mass is 35.5. The van der Waals surface area contributed by atoms with Gasteiger partial charge in [-0.2, -0.15) is 0 Å². The third-order valence-corrected chi connectivity index (χ3v) is 10.1. The molecular formula is C27H30ClN3O5S2. The summed E-state index contributed by atoms with van der Waals surface area (Å²) in [7, 11) is -7.33. The second kappa shape index (κ2) is 11.4. The van der Waals surface area contributed by atoms with Crippen molar-refractivity contribution < 1.29 is 21.6 Å². The molecular weight excluding hydrogens is 546 g/mol. The van der Waals surface area contributed by atoms with Crippen molar-refractivity contribution in [1.29, 1.82) is 0 Å². The van der Waals surface area contributed by atoms with Crippen LogP contribution in [0, 0.1) is 19.8 Å². The molecule has 1 heterocycles. The fraction of sp³-hybridized carbons (Fsp3) is 0.296. The molecule has 1 saturated heterocycles. The van der Waals surface area contributed by atoms with E-state index in [-0.39, 0.29) is 35.6 Å². The Morgan fingerprint density at radius 1 is 0.921 bits per heavy atom. The molecule has 1 fully saturated rings. The van der Waals surface area contributed by atoms with E-state index in [2.05, 4.69) is 10.0 Å². The number of benzene rings is 3. The lowest BCUT2D eigenvalue weighted by Gasteiger charge is -2.30. The number of anilines is 2. The van der Waals surface area contributed by atoms with Gasteiger partial charge >= 0.3 is 0 Å². The van der Waals surface area contributed by atoms with Gasteiger partial charge in [0.05, 0.1) is 16.3 Å². The summed E-state index contributed by atoms with van der Waals surface area (Å²) in [6, 6.07) is 18.2. The molecule has 0 unspecified atom stereocenters. The Bertz CT molecular complexity index is 1530. The van der Waals surface area contributed by atoms with Crippen LogP contribution < -0.4 is 10.0 Å². The maximum absolute atomic E-state index is 12.9. The Hall–Kier alpha value is -2.92. The fourth-order valence-corrected chi connectivity index (χ4v) is 7.29. The van der Waals surface area contributed by atoms with E-state index in [4.69, 9.17) is 11.6 Å². The highest BCUT2D eigenvalue weighted by molar-refractivity contribution is 7.92. The van der Waals surface area contributed by atoms with Gasteiger partial charge in [0.15, 0.2) is 0 Å². The van der Waals surface area contributed by atoms with Gasteiger partial charge in [-0.1, -0.05) is 41.9 Å². The first-order valence-corrected chi connectivity index (χ1v) is 15.6. The Morgan fingerprint density at radius 2 is 1.58 bits per heavy atom. The fourth-order valence-electron chi connectivity index (χ4n) is 4.33. The topological polar surface area (TPSA) is 113 Å². The van der Waals surface area contributed by atoms with Crippen molar-refractivity contribution in [2.45, 2.75) is 37.3 Å². The molecule has 11 heteroatoms. The Balaban J connectivity index is 1.33. The second-order valence-corrected chi connectivity index (χ2v) is 13.5. The number of rotatable bonds is 8. The third-order valence-electron chi connectivity index (χ3n) is 6.69. The van der Waals surface area contributed by atoms with E-state index >= 15 is 0 Å². The summed E-state index contributed by atoms with van der Waals surface area (Å²) >= 11 is 5.99. The SMILES string of the molecule is Cc1ccccc1CS(=O)(=O)N1CCC(C(=O)Nc2ccc(S(=O)(=O)Nc3cc(Cl)ccc3C)cc2)CC1. The van der Waals surface area contributed by atoms with Crippen LogP contribution in [0.15, 0.2) is 71.6 Å². The molecule has 0 aromatic heterocycles. The number of aryl methyl sites for hydroxylation is 2. The van der Waals surface area contributed by atoms with Crippen LogP contribution in [0.3, 0.4) is 0 Å². The number of piperidine rings is 1. The molecule has 1 aliphatic rings. The highest BCUT2D eigenvalue weighted by Gasteiger charge is 2.31. The first kappa shape index (κ1) is 28.1. The zero-order valence-corrected chi connectivity index (χ0v) is 23.5. The Labute approximate surface area is 229 Å². The standard InChI is InChI=1S/C27H30ClN3O5S2/c1-19-5-3-4-6-22(19)18-37(33,34)31-15-13-21(14-16-31)27(32)29-24-9-11-25(12-10-24)38(35,36)30-26-17-23(28)8-7-20(26)2/h3-12,17,21,30H,13-16,18H2,1-2H3,(H,29,32). The average molecular weight is 576 g/mol. The summed E-state index contributed by atoms with van der Waals surface area (Å²) < 4.78 is 55.4. The summed E-state index contributed by atoms with van der Waals surface area (Å²) in [5.74, 6) is -0.614. The molecule has 1 amide bonds. The van der Waals surface area contributed by atoms with Crippen molar-refractivity contribution in [3.63, 3.8) is 0 Å². The molecule has 0 spiro atoms. The molecule has 4 rings (SSSR count). The third kappa shape index (κ3) is 6.74. The number of nitrogens with zero attached hydrogens (tertiary/aromatic N) is 1. The van der Waals surface area contributed by atoms with Gasteiger partial charge in [-0.3, -0.25) is 9.52 Å². The van der Waals surface area contributed by atoms with E-state index in [1.54, 1.807) is 25.1 Å². The molecule has 3 aromatic carbocycles. The predicted molar refractivity (Wildman–Crippen MR) is 150 cm³/mol. The van der Waals surface area contributed by atoms with E-state index in [1.165, 1.54) is 28.6 Å². The van der Waals surface area contributed by atoms with E-state index in [0.29, 0.717) is 29.2 Å². The smallest absolute Gasteiger partial charge is 0.261 e. The van der Waals surface area contributed by atoms with E-state index < -0.39 is 20.0 Å². The summed E-state index contributed by atoms with van der Waals surface area (Å²) in [5.41, 5.74) is 3.29. The zero-order chi connectivity index (χ0) is 27.5. The number of amides is 1. The van der Waals surface area contributed by atoms with Gasteiger partial charge in [-0.05, 0) is 79.8 Å². The van der Waals surface area contributed by atoms with Crippen molar-refractivity contribution in [1.82, 2.24) is 4.31 Å². The molecule has 8 nitrogen and oxygen atoms in total. The number of halogens is 1. The molecule has 202 valence electrons. The molecule has 1 aliphatic heterocycles. The van der Waals surface area contributed by atoms with Gasteiger partial charge in [0.1, 0.15) is 0 Å². The lowest BCUT2D eigenvalue weighted by atomic mass is 9.97. The van der Waals surface area contributed by atoms with Crippen molar-refractivity contribution in [2.24, 2.45) is 5.92 Å². The minimum absolute atomic E-state index is 0.0436. The van der Waals surface area contributed by atoms with Crippen molar-refractivity contribution in [3.8, 4) is 0 Å². The van der Waals surface area contributed by atoms with Crippen LogP contribution in [0.1, 0.15) is 29.5 Å². The van der Waals surface area contributed by atoms with Crippen LogP contribution in [0.25, 0.3) is 0 Å². The first-order valence-electron chi connectivity index (χ1n) is 12.2. The molecule has 0 saturated carbocycles.